The molecule has 5 rings (SSSR count). The van der Waals surface area contributed by atoms with Gasteiger partial charge in [0.1, 0.15) is 17.4 Å². The zero-order valence-electron chi connectivity index (χ0n) is 23.7. The van der Waals surface area contributed by atoms with Gasteiger partial charge in [-0.2, -0.15) is 0 Å². The number of carbonyl (C=O) groups excluding carboxylic acids is 3. The van der Waals surface area contributed by atoms with Crippen molar-refractivity contribution < 1.29 is 27.5 Å². The molecule has 0 radical (unpaired) electrons. The molecule has 1 saturated heterocycles. The normalized spacial score (nSPS) is 17.1. The van der Waals surface area contributed by atoms with Crippen molar-refractivity contribution in [3.8, 4) is 5.75 Å². The van der Waals surface area contributed by atoms with Crippen LogP contribution in [-0.2, 0) is 26.0 Å². The van der Waals surface area contributed by atoms with E-state index in [4.69, 9.17) is 10.5 Å². The summed E-state index contributed by atoms with van der Waals surface area (Å²) in [7, 11) is -3.49. The Bertz CT molecular complexity index is 1620. The van der Waals surface area contributed by atoms with Gasteiger partial charge in [-0.1, -0.05) is 18.2 Å². The Kier molecular flexibility index (Phi) is 8.64. The van der Waals surface area contributed by atoms with E-state index in [1.165, 1.54) is 6.07 Å². The molecule has 11 nitrogen and oxygen atoms in total. The summed E-state index contributed by atoms with van der Waals surface area (Å²) < 4.78 is 31.9. The number of hydrogen-bond donors (Lipinski definition) is 4. The number of halogens is 1. The predicted molar refractivity (Wildman–Crippen MR) is 162 cm³/mol. The van der Waals surface area contributed by atoms with Crippen LogP contribution in [-0.4, -0.2) is 72.4 Å². The van der Waals surface area contributed by atoms with Gasteiger partial charge in [0.2, 0.25) is 21.8 Å². The molecule has 1 fully saturated rings. The third kappa shape index (κ3) is 6.71. The Balaban J connectivity index is 0.00000405. The van der Waals surface area contributed by atoms with E-state index in [-0.39, 0.29) is 30.5 Å². The Morgan fingerprint density at radius 3 is 2.52 bits per heavy atom. The zero-order chi connectivity index (χ0) is 29.6. The van der Waals surface area contributed by atoms with E-state index in [0.29, 0.717) is 49.4 Å². The van der Waals surface area contributed by atoms with Gasteiger partial charge in [0.25, 0.3) is 0 Å². The van der Waals surface area contributed by atoms with Crippen molar-refractivity contribution in [3.05, 3.63) is 59.8 Å². The second-order valence-corrected chi connectivity index (χ2v) is 13.4. The fourth-order valence-corrected chi connectivity index (χ4v) is 6.03. The van der Waals surface area contributed by atoms with Crippen LogP contribution in [0.1, 0.15) is 49.0 Å². The van der Waals surface area contributed by atoms with Crippen LogP contribution < -0.4 is 20.5 Å². The van der Waals surface area contributed by atoms with Crippen molar-refractivity contribution in [1.29, 1.82) is 0 Å². The molecule has 0 bridgehead atoms. The molecular formula is C29H36ClN5O6S. The standard InChI is InChI=1S/C29H35N5O6S.ClH/c1-28(2,30)27(37)32-23(14-18-17-31-22-7-5-4-6-20(18)22)26(36)34-12-10-29(11-13-34)16-24(35)21-15-19(33-41(3,38)39)8-9-25(21)40-29;/h4-9,15,17,23,31,33H,10-14,16,30H2,1-3H3,(H,32,37);1H/t23-;/m1./s1. The van der Waals surface area contributed by atoms with Gasteiger partial charge >= 0.3 is 0 Å². The summed E-state index contributed by atoms with van der Waals surface area (Å²) in [6, 6.07) is 11.6. The van der Waals surface area contributed by atoms with E-state index < -0.39 is 33.1 Å². The third-order valence-electron chi connectivity index (χ3n) is 7.67. The summed E-state index contributed by atoms with van der Waals surface area (Å²) >= 11 is 0. The molecule has 0 aliphatic carbocycles. The van der Waals surface area contributed by atoms with E-state index in [9.17, 15) is 22.8 Å². The van der Waals surface area contributed by atoms with Gasteiger partial charge < -0.3 is 25.7 Å². The summed E-state index contributed by atoms with van der Waals surface area (Å²) in [5.74, 6) is -0.388. The molecule has 5 N–H and O–H groups in total. The minimum atomic E-state index is -3.49. The zero-order valence-corrected chi connectivity index (χ0v) is 25.4. The van der Waals surface area contributed by atoms with Crippen molar-refractivity contribution >= 4 is 56.6 Å². The number of ketones is 1. The lowest BCUT2D eigenvalue weighted by Crippen LogP contribution is -2.59. The molecule has 1 spiro atoms. The SMILES string of the molecule is CC(C)(N)C(=O)N[C@H](Cc1c[nH]c2ccccc12)C(=O)N1CCC2(CC1)CC(=O)c1cc(NS(C)(=O)=O)ccc1O2.Cl. The summed E-state index contributed by atoms with van der Waals surface area (Å²) in [5.41, 5.74) is 6.58. The molecule has 2 aromatic carbocycles. The van der Waals surface area contributed by atoms with Crippen molar-refractivity contribution in [2.75, 3.05) is 24.1 Å². The number of H-pyrrole nitrogens is 1. The summed E-state index contributed by atoms with van der Waals surface area (Å²) in [6.45, 7) is 3.88. The summed E-state index contributed by atoms with van der Waals surface area (Å²) in [4.78, 5) is 44.7. The van der Waals surface area contributed by atoms with Crippen LogP contribution >= 0.6 is 12.4 Å². The number of nitrogens with two attached hydrogens (primary N) is 1. The first-order chi connectivity index (χ1) is 19.2. The smallest absolute Gasteiger partial charge is 0.245 e. The highest BCUT2D eigenvalue weighted by Gasteiger charge is 2.44. The largest absolute Gasteiger partial charge is 0.486 e. The molecule has 13 heteroatoms. The first-order valence-electron chi connectivity index (χ1n) is 13.5. The summed E-state index contributed by atoms with van der Waals surface area (Å²) in [5, 5.41) is 3.84. The number of aromatic nitrogens is 1. The number of rotatable bonds is 7. The average molecular weight is 618 g/mol. The molecule has 3 aromatic rings. The first-order valence-corrected chi connectivity index (χ1v) is 15.4. The van der Waals surface area contributed by atoms with Gasteiger partial charge in [-0.15, -0.1) is 12.4 Å². The molecule has 1 aromatic heterocycles. The van der Waals surface area contributed by atoms with Crippen LogP contribution in [0.4, 0.5) is 5.69 Å². The van der Waals surface area contributed by atoms with E-state index in [1.54, 1.807) is 30.9 Å². The fourth-order valence-electron chi connectivity index (χ4n) is 5.47. The molecule has 0 unspecified atom stereocenters. The number of fused-ring (bicyclic) bond motifs is 2. The second-order valence-electron chi connectivity index (χ2n) is 11.6. The molecule has 0 saturated carbocycles. The molecule has 2 aliphatic rings. The number of anilines is 1. The maximum absolute atomic E-state index is 13.8. The highest BCUT2D eigenvalue weighted by Crippen LogP contribution is 2.40. The Hall–Kier alpha value is -3.61. The van der Waals surface area contributed by atoms with Crippen molar-refractivity contribution in [3.63, 3.8) is 0 Å². The lowest BCUT2D eigenvalue weighted by molar-refractivity contribution is -0.140. The van der Waals surface area contributed by atoms with Crippen LogP contribution in [0.3, 0.4) is 0 Å². The Morgan fingerprint density at radius 2 is 1.86 bits per heavy atom. The quantitative estimate of drug-likeness (QED) is 0.317. The lowest BCUT2D eigenvalue weighted by Gasteiger charge is -2.44. The minimum absolute atomic E-state index is 0. The Labute approximate surface area is 251 Å². The number of Topliss-reactive ketones (excluding diaryl/α,β-unsaturated/α-hetero) is 1. The molecule has 2 amide bonds. The number of aromatic amines is 1. The number of ether oxygens (including phenoxy) is 1. The maximum atomic E-state index is 13.8. The average Bonchev–Trinajstić information content (AvgIpc) is 3.30. The number of likely N-dealkylation sites (tertiary alicyclic amines) is 1. The van der Waals surface area contributed by atoms with Gasteiger partial charge in [-0.05, 0) is 43.7 Å². The molecule has 226 valence electrons. The maximum Gasteiger partial charge on any atom is 0.245 e. The van der Waals surface area contributed by atoms with Crippen LogP contribution in [0.2, 0.25) is 0 Å². The van der Waals surface area contributed by atoms with E-state index >= 15 is 0 Å². The van der Waals surface area contributed by atoms with Gasteiger partial charge in [0.15, 0.2) is 5.78 Å². The van der Waals surface area contributed by atoms with Crippen LogP contribution in [0.15, 0.2) is 48.7 Å². The molecule has 1 atom stereocenters. The highest BCUT2D eigenvalue weighted by molar-refractivity contribution is 7.92. The number of para-hydroxylation sites is 1. The van der Waals surface area contributed by atoms with Gasteiger partial charge in [0.05, 0.1) is 23.8 Å². The number of nitrogens with one attached hydrogen (secondary N) is 3. The summed E-state index contributed by atoms with van der Waals surface area (Å²) in [6.07, 6.45) is 4.18. The van der Waals surface area contributed by atoms with Gasteiger partial charge in [0, 0.05) is 55.1 Å². The van der Waals surface area contributed by atoms with Crippen molar-refractivity contribution in [2.45, 2.75) is 56.7 Å². The molecule has 3 heterocycles. The minimum Gasteiger partial charge on any atom is -0.486 e. The molecule has 2 aliphatic heterocycles. The van der Waals surface area contributed by atoms with Crippen LogP contribution in [0, 0.1) is 0 Å². The lowest BCUT2D eigenvalue weighted by atomic mass is 9.82. The number of carbonyl (C=O) groups is 3. The fraction of sp³-hybridized carbons (Fsp3) is 0.414. The van der Waals surface area contributed by atoms with Crippen LogP contribution in [0.5, 0.6) is 5.75 Å². The van der Waals surface area contributed by atoms with E-state index in [1.807, 2.05) is 30.5 Å². The molecule has 42 heavy (non-hydrogen) atoms. The first kappa shape index (κ1) is 31.3. The molecular weight excluding hydrogens is 582 g/mol. The van der Waals surface area contributed by atoms with Gasteiger partial charge in [-0.25, -0.2) is 8.42 Å². The number of sulfonamides is 1. The highest BCUT2D eigenvalue weighted by atomic mass is 35.5. The topological polar surface area (TPSA) is 164 Å². The van der Waals surface area contributed by atoms with Gasteiger partial charge in [-0.3, -0.25) is 19.1 Å². The monoisotopic (exact) mass is 617 g/mol. The van der Waals surface area contributed by atoms with E-state index in [2.05, 4.69) is 15.0 Å². The second kappa shape index (κ2) is 11.6. The Morgan fingerprint density at radius 1 is 1.17 bits per heavy atom. The van der Waals surface area contributed by atoms with E-state index in [0.717, 1.165) is 22.7 Å². The van der Waals surface area contributed by atoms with Crippen molar-refractivity contribution in [1.82, 2.24) is 15.2 Å². The van der Waals surface area contributed by atoms with Crippen LogP contribution in [0.25, 0.3) is 10.9 Å². The number of nitrogens with zero attached hydrogens (tertiary/aromatic N) is 1. The number of benzene rings is 2. The number of hydrogen-bond acceptors (Lipinski definition) is 7. The number of amides is 2. The predicted octanol–water partition coefficient (Wildman–Crippen LogP) is 2.75. The van der Waals surface area contributed by atoms with Crippen molar-refractivity contribution in [2.24, 2.45) is 5.73 Å². The third-order valence-corrected chi connectivity index (χ3v) is 8.27. The number of piperidine rings is 1.